The average molecular weight is 277 g/mol. The minimum absolute atomic E-state index is 0.148. The third kappa shape index (κ3) is 5.43. The maximum atomic E-state index is 11.9. The number of nitrogens with one attached hydrogen (secondary N) is 1. The normalized spacial score (nSPS) is 11.9. The van der Waals surface area contributed by atoms with Crippen LogP contribution in [0.4, 0.5) is 0 Å². The predicted molar refractivity (Wildman–Crippen MR) is 78.8 cm³/mol. The van der Waals surface area contributed by atoms with Gasteiger partial charge in [0.25, 0.3) is 5.91 Å². The van der Waals surface area contributed by atoms with Crippen molar-refractivity contribution >= 4 is 11.9 Å². The number of aliphatic carboxylic acids is 1. The summed E-state index contributed by atoms with van der Waals surface area (Å²) in [6.45, 7) is 4.17. The van der Waals surface area contributed by atoms with Crippen molar-refractivity contribution in [3.63, 3.8) is 0 Å². The molecule has 4 nitrogen and oxygen atoms in total. The maximum Gasteiger partial charge on any atom is 0.306 e. The fourth-order valence-electron chi connectivity index (χ4n) is 1.83. The van der Waals surface area contributed by atoms with E-state index < -0.39 is 11.9 Å². The number of carbonyl (C=O) groups is 2. The molecule has 1 aromatic rings. The first-order valence-corrected chi connectivity index (χ1v) is 7.14. The molecule has 110 valence electrons. The van der Waals surface area contributed by atoms with Gasteiger partial charge >= 0.3 is 5.97 Å². The number of carboxylic acids is 1. The fourth-order valence-corrected chi connectivity index (χ4v) is 1.83. The topological polar surface area (TPSA) is 66.4 Å². The van der Waals surface area contributed by atoms with Crippen molar-refractivity contribution in [2.45, 2.75) is 39.5 Å². The molecule has 0 saturated heterocycles. The smallest absolute Gasteiger partial charge is 0.306 e. The molecule has 0 aliphatic carbocycles. The monoisotopic (exact) mass is 277 g/mol. The molecule has 4 heteroatoms. The highest BCUT2D eigenvalue weighted by atomic mass is 16.4. The Morgan fingerprint density at radius 1 is 1.25 bits per heavy atom. The summed E-state index contributed by atoms with van der Waals surface area (Å²) in [5.41, 5.74) is 1.86. The van der Waals surface area contributed by atoms with Gasteiger partial charge in [-0.25, -0.2) is 0 Å². The Labute approximate surface area is 120 Å². The van der Waals surface area contributed by atoms with Crippen molar-refractivity contribution in [1.29, 1.82) is 0 Å². The van der Waals surface area contributed by atoms with E-state index in [4.69, 9.17) is 5.11 Å². The number of rotatable bonds is 8. The molecule has 0 radical (unpaired) electrons. The minimum Gasteiger partial charge on any atom is -0.481 e. The highest BCUT2D eigenvalue weighted by Gasteiger charge is 2.11. The Morgan fingerprint density at radius 3 is 2.45 bits per heavy atom. The van der Waals surface area contributed by atoms with Crippen LogP contribution in [0.15, 0.2) is 24.3 Å². The number of hydrogen-bond acceptors (Lipinski definition) is 2. The predicted octanol–water partition coefficient (Wildman–Crippen LogP) is 2.87. The molecule has 1 aromatic carbocycles. The summed E-state index contributed by atoms with van der Waals surface area (Å²) in [5.74, 6) is -1.42. The third-order valence-corrected chi connectivity index (χ3v) is 3.32. The number of benzene rings is 1. The van der Waals surface area contributed by atoms with E-state index in [0.717, 1.165) is 19.3 Å². The summed E-state index contributed by atoms with van der Waals surface area (Å²) in [4.78, 5) is 22.5. The summed E-state index contributed by atoms with van der Waals surface area (Å²) in [7, 11) is 0. The zero-order valence-electron chi connectivity index (χ0n) is 12.2. The summed E-state index contributed by atoms with van der Waals surface area (Å²) >= 11 is 0. The van der Waals surface area contributed by atoms with Crippen LogP contribution in [0.1, 0.15) is 49.0 Å². The Bertz CT molecular complexity index is 440. The highest BCUT2D eigenvalue weighted by molar-refractivity contribution is 5.94. The molecule has 2 N–H and O–H groups in total. The lowest BCUT2D eigenvalue weighted by atomic mass is 10.1. The van der Waals surface area contributed by atoms with Gasteiger partial charge in [0.05, 0.1) is 5.92 Å². The number of aryl methyl sites for hydroxylation is 1. The van der Waals surface area contributed by atoms with Gasteiger partial charge in [-0.15, -0.1) is 0 Å². The van der Waals surface area contributed by atoms with Crippen molar-refractivity contribution in [1.82, 2.24) is 5.32 Å². The molecule has 0 spiro atoms. The summed E-state index contributed by atoms with van der Waals surface area (Å²) < 4.78 is 0. The second kappa shape index (κ2) is 8.35. The van der Waals surface area contributed by atoms with E-state index >= 15 is 0 Å². The van der Waals surface area contributed by atoms with Crippen molar-refractivity contribution in [2.24, 2.45) is 5.92 Å². The standard InChI is InChI=1S/C16H23NO3/c1-3-4-5-13-6-8-14(9-7-13)15(18)17-11-10-12(2)16(19)20/h6-9,12H,3-5,10-11H2,1-2H3,(H,17,18)(H,19,20). The van der Waals surface area contributed by atoms with Gasteiger partial charge in [0.1, 0.15) is 0 Å². The first kappa shape index (κ1) is 16.2. The van der Waals surface area contributed by atoms with Crippen LogP contribution < -0.4 is 5.32 Å². The number of carbonyl (C=O) groups excluding carboxylic acids is 1. The Hall–Kier alpha value is -1.84. The van der Waals surface area contributed by atoms with Gasteiger partial charge in [-0.1, -0.05) is 32.4 Å². The van der Waals surface area contributed by atoms with Gasteiger partial charge in [-0.05, 0) is 37.0 Å². The zero-order chi connectivity index (χ0) is 15.0. The second-order valence-corrected chi connectivity index (χ2v) is 5.08. The molecular formula is C16H23NO3. The van der Waals surface area contributed by atoms with Gasteiger partial charge in [0.15, 0.2) is 0 Å². The largest absolute Gasteiger partial charge is 0.481 e. The first-order chi connectivity index (χ1) is 9.54. The number of hydrogen-bond donors (Lipinski definition) is 2. The second-order valence-electron chi connectivity index (χ2n) is 5.08. The van der Waals surface area contributed by atoms with E-state index in [9.17, 15) is 9.59 Å². The van der Waals surface area contributed by atoms with E-state index in [1.165, 1.54) is 5.56 Å². The van der Waals surface area contributed by atoms with Gasteiger partial charge in [0.2, 0.25) is 0 Å². The van der Waals surface area contributed by atoms with Crippen molar-refractivity contribution in [3.8, 4) is 0 Å². The lowest BCUT2D eigenvalue weighted by Gasteiger charge is -2.08. The molecule has 0 heterocycles. The van der Waals surface area contributed by atoms with Gasteiger partial charge in [-0.3, -0.25) is 9.59 Å². The summed E-state index contributed by atoms with van der Waals surface area (Å²) in [6.07, 6.45) is 3.78. The van der Waals surface area contributed by atoms with Crippen molar-refractivity contribution in [3.05, 3.63) is 35.4 Å². The molecule has 1 atom stereocenters. The Kier molecular flexibility index (Phi) is 6.77. The van der Waals surface area contributed by atoms with E-state index in [1.54, 1.807) is 6.92 Å². The Morgan fingerprint density at radius 2 is 1.90 bits per heavy atom. The lowest BCUT2D eigenvalue weighted by molar-refractivity contribution is -0.141. The van der Waals surface area contributed by atoms with Crippen LogP contribution in [0.25, 0.3) is 0 Å². The highest BCUT2D eigenvalue weighted by Crippen LogP contribution is 2.08. The van der Waals surface area contributed by atoms with Crippen LogP contribution in [0, 0.1) is 5.92 Å². The fraction of sp³-hybridized carbons (Fsp3) is 0.500. The van der Waals surface area contributed by atoms with E-state index in [0.29, 0.717) is 18.5 Å². The number of carboxylic acid groups (broad SMARTS) is 1. The molecule has 1 amide bonds. The molecule has 1 unspecified atom stereocenters. The van der Waals surface area contributed by atoms with Crippen LogP contribution in [-0.2, 0) is 11.2 Å². The van der Waals surface area contributed by atoms with Crippen molar-refractivity contribution in [2.75, 3.05) is 6.54 Å². The Balaban J connectivity index is 2.41. The van der Waals surface area contributed by atoms with Crippen LogP contribution in [0.5, 0.6) is 0 Å². The molecule has 0 aliphatic rings. The molecular weight excluding hydrogens is 254 g/mol. The van der Waals surface area contributed by atoms with Crippen LogP contribution >= 0.6 is 0 Å². The molecule has 1 rings (SSSR count). The van der Waals surface area contributed by atoms with Crippen LogP contribution in [0.3, 0.4) is 0 Å². The minimum atomic E-state index is -0.834. The van der Waals surface area contributed by atoms with Crippen molar-refractivity contribution < 1.29 is 14.7 Å². The van der Waals surface area contributed by atoms with E-state index in [1.807, 2.05) is 24.3 Å². The molecule has 0 aromatic heterocycles. The molecule has 20 heavy (non-hydrogen) atoms. The number of unbranched alkanes of at least 4 members (excludes halogenated alkanes) is 1. The third-order valence-electron chi connectivity index (χ3n) is 3.32. The molecule has 0 aliphatic heterocycles. The van der Waals surface area contributed by atoms with Crippen LogP contribution in [0.2, 0.25) is 0 Å². The number of amides is 1. The van der Waals surface area contributed by atoms with Gasteiger partial charge in [0, 0.05) is 12.1 Å². The summed E-state index contributed by atoms with van der Waals surface area (Å²) in [5, 5.41) is 11.5. The van der Waals surface area contributed by atoms with E-state index in [2.05, 4.69) is 12.2 Å². The van der Waals surface area contributed by atoms with Crippen LogP contribution in [-0.4, -0.2) is 23.5 Å². The SMILES string of the molecule is CCCCc1ccc(C(=O)NCCC(C)C(=O)O)cc1. The maximum absolute atomic E-state index is 11.9. The first-order valence-electron chi connectivity index (χ1n) is 7.14. The quantitative estimate of drug-likeness (QED) is 0.768. The molecule has 0 fully saturated rings. The van der Waals surface area contributed by atoms with E-state index in [-0.39, 0.29) is 5.91 Å². The average Bonchev–Trinajstić information content (AvgIpc) is 2.45. The van der Waals surface area contributed by atoms with Gasteiger partial charge < -0.3 is 10.4 Å². The van der Waals surface area contributed by atoms with Gasteiger partial charge in [-0.2, -0.15) is 0 Å². The zero-order valence-corrected chi connectivity index (χ0v) is 12.2. The lowest BCUT2D eigenvalue weighted by Crippen LogP contribution is -2.27. The summed E-state index contributed by atoms with van der Waals surface area (Å²) in [6, 6.07) is 7.59. The molecule has 0 saturated carbocycles. The molecule has 0 bridgehead atoms.